The van der Waals surface area contributed by atoms with Gasteiger partial charge in [0.15, 0.2) is 0 Å². The molecule has 0 spiro atoms. The number of ether oxygens (including phenoxy) is 1. The molecule has 0 bridgehead atoms. The van der Waals surface area contributed by atoms with Crippen molar-refractivity contribution in [1.29, 1.82) is 0 Å². The molecule has 5 nitrogen and oxygen atoms in total. The van der Waals surface area contributed by atoms with Gasteiger partial charge in [-0.1, -0.05) is 6.07 Å². The lowest BCUT2D eigenvalue weighted by Gasteiger charge is -2.26. The van der Waals surface area contributed by atoms with Crippen LogP contribution in [0.15, 0.2) is 24.4 Å². The minimum absolute atomic E-state index is 0.358. The molecule has 0 radical (unpaired) electrons. The van der Waals surface area contributed by atoms with Crippen molar-refractivity contribution in [3.05, 3.63) is 24.4 Å². The lowest BCUT2D eigenvalue weighted by atomic mass is 9.92. The summed E-state index contributed by atoms with van der Waals surface area (Å²) in [7, 11) is 2.84. The number of hydrogen-bond acceptors (Lipinski definition) is 4. The number of pyridine rings is 1. The summed E-state index contributed by atoms with van der Waals surface area (Å²) in [6.07, 6.45) is 1.59. The quantitative estimate of drug-likeness (QED) is 0.585. The molecule has 92 valence electrons. The third-order valence-electron chi connectivity index (χ3n) is 2.53. The Labute approximate surface area is 100 Å². The summed E-state index contributed by atoms with van der Waals surface area (Å²) in [5, 5.41) is 0. The van der Waals surface area contributed by atoms with E-state index in [4.69, 9.17) is 0 Å². The summed E-state index contributed by atoms with van der Waals surface area (Å²) in [6.45, 7) is 3.06. The van der Waals surface area contributed by atoms with Crippen molar-refractivity contribution >= 4 is 17.7 Å². The summed E-state index contributed by atoms with van der Waals surface area (Å²) in [5.41, 5.74) is -1.22. The zero-order valence-corrected chi connectivity index (χ0v) is 10.4. The average molecular weight is 236 g/mol. The topological polar surface area (TPSA) is 59.5 Å². The smallest absolute Gasteiger partial charge is 0.320 e. The Balaban J connectivity index is 2.95. The van der Waals surface area contributed by atoms with Crippen LogP contribution in [0.5, 0.6) is 0 Å². The Kier molecular flexibility index (Phi) is 3.83. The van der Waals surface area contributed by atoms with Crippen molar-refractivity contribution in [3.8, 4) is 0 Å². The normalized spacial score (nSPS) is 10.8. The van der Waals surface area contributed by atoms with Crippen LogP contribution in [0.25, 0.3) is 0 Å². The Morgan fingerprint density at radius 2 is 2.00 bits per heavy atom. The number of anilines is 1. The first kappa shape index (κ1) is 13.2. The summed E-state index contributed by atoms with van der Waals surface area (Å²) < 4.78 is 4.62. The maximum atomic E-state index is 12.2. The molecule has 0 saturated heterocycles. The van der Waals surface area contributed by atoms with Gasteiger partial charge in [-0.05, 0) is 26.0 Å². The van der Waals surface area contributed by atoms with Crippen LogP contribution in [-0.4, -0.2) is 31.0 Å². The molecule has 0 fully saturated rings. The predicted octanol–water partition coefficient (Wildman–Crippen LogP) is 1.24. The van der Waals surface area contributed by atoms with E-state index in [1.54, 1.807) is 31.4 Å². The predicted molar refractivity (Wildman–Crippen MR) is 63.4 cm³/mol. The van der Waals surface area contributed by atoms with Gasteiger partial charge in [-0.2, -0.15) is 0 Å². The second kappa shape index (κ2) is 4.95. The van der Waals surface area contributed by atoms with E-state index < -0.39 is 11.4 Å². The van der Waals surface area contributed by atoms with Crippen LogP contribution >= 0.6 is 0 Å². The highest BCUT2D eigenvalue weighted by Crippen LogP contribution is 2.22. The van der Waals surface area contributed by atoms with Gasteiger partial charge in [-0.25, -0.2) is 4.98 Å². The monoisotopic (exact) mass is 236 g/mol. The van der Waals surface area contributed by atoms with Crippen molar-refractivity contribution in [3.63, 3.8) is 0 Å². The number of rotatable bonds is 3. The highest BCUT2D eigenvalue weighted by Gasteiger charge is 2.39. The van der Waals surface area contributed by atoms with E-state index in [0.29, 0.717) is 5.82 Å². The summed E-state index contributed by atoms with van der Waals surface area (Å²) >= 11 is 0. The number of methoxy groups -OCH3 is 1. The molecule has 0 saturated carbocycles. The Morgan fingerprint density at radius 1 is 1.35 bits per heavy atom. The van der Waals surface area contributed by atoms with E-state index in [9.17, 15) is 9.59 Å². The molecule has 0 aliphatic rings. The molecule has 0 atom stereocenters. The van der Waals surface area contributed by atoms with E-state index in [2.05, 4.69) is 9.72 Å². The molecule has 1 aromatic rings. The summed E-state index contributed by atoms with van der Waals surface area (Å²) in [4.78, 5) is 29.1. The zero-order valence-electron chi connectivity index (χ0n) is 10.4. The maximum Gasteiger partial charge on any atom is 0.320 e. The molecule has 1 aromatic heterocycles. The minimum atomic E-state index is -1.22. The Hall–Kier alpha value is -1.91. The van der Waals surface area contributed by atoms with E-state index in [0.717, 1.165) is 0 Å². The van der Waals surface area contributed by atoms with Gasteiger partial charge in [0, 0.05) is 13.2 Å². The third-order valence-corrected chi connectivity index (χ3v) is 2.53. The standard InChI is InChI=1S/C12H16N2O3/c1-12(2,11(16)17-4)10(15)14(3)9-7-5-6-8-13-9/h5-8H,1-4H3. The van der Waals surface area contributed by atoms with Gasteiger partial charge < -0.3 is 4.74 Å². The molecule has 1 heterocycles. The van der Waals surface area contributed by atoms with Gasteiger partial charge in [0.05, 0.1) is 7.11 Å². The Morgan fingerprint density at radius 3 is 2.47 bits per heavy atom. The third kappa shape index (κ3) is 2.61. The number of esters is 1. The van der Waals surface area contributed by atoms with Gasteiger partial charge >= 0.3 is 5.97 Å². The van der Waals surface area contributed by atoms with Crippen LogP contribution in [-0.2, 0) is 14.3 Å². The van der Waals surface area contributed by atoms with E-state index in [-0.39, 0.29) is 5.91 Å². The molecule has 0 aliphatic heterocycles. The number of hydrogen-bond donors (Lipinski definition) is 0. The lowest BCUT2D eigenvalue weighted by molar-refractivity contribution is -0.155. The van der Waals surface area contributed by atoms with Crippen LogP contribution in [0.1, 0.15) is 13.8 Å². The summed E-state index contributed by atoms with van der Waals surface area (Å²) in [6, 6.07) is 5.23. The van der Waals surface area contributed by atoms with Gasteiger partial charge in [0.2, 0.25) is 5.91 Å². The van der Waals surface area contributed by atoms with E-state index in [1.807, 2.05) is 0 Å². The van der Waals surface area contributed by atoms with Crippen molar-refractivity contribution in [2.45, 2.75) is 13.8 Å². The highest BCUT2D eigenvalue weighted by atomic mass is 16.5. The fourth-order valence-corrected chi connectivity index (χ4v) is 1.42. The van der Waals surface area contributed by atoms with Crippen LogP contribution < -0.4 is 4.90 Å². The molecule has 0 unspecified atom stereocenters. The molecular formula is C12H16N2O3. The molecule has 0 aromatic carbocycles. The lowest BCUT2D eigenvalue weighted by Crippen LogP contribution is -2.44. The molecule has 17 heavy (non-hydrogen) atoms. The number of carbonyl (C=O) groups is 2. The van der Waals surface area contributed by atoms with Gasteiger partial charge in [0.25, 0.3) is 0 Å². The zero-order chi connectivity index (χ0) is 13.1. The molecule has 0 N–H and O–H groups in total. The van der Waals surface area contributed by atoms with E-state index >= 15 is 0 Å². The van der Waals surface area contributed by atoms with E-state index in [1.165, 1.54) is 25.9 Å². The molecule has 1 amide bonds. The summed E-state index contributed by atoms with van der Waals surface area (Å²) in [5.74, 6) is -0.428. The molecule has 0 aliphatic carbocycles. The van der Waals surface area contributed by atoms with Gasteiger partial charge in [-0.3, -0.25) is 14.5 Å². The van der Waals surface area contributed by atoms with Crippen molar-refractivity contribution in [1.82, 2.24) is 4.98 Å². The van der Waals surface area contributed by atoms with Crippen LogP contribution in [0.2, 0.25) is 0 Å². The maximum absolute atomic E-state index is 12.2. The second-order valence-corrected chi connectivity index (χ2v) is 4.17. The fourth-order valence-electron chi connectivity index (χ4n) is 1.42. The second-order valence-electron chi connectivity index (χ2n) is 4.17. The van der Waals surface area contributed by atoms with Gasteiger partial charge in [0.1, 0.15) is 11.2 Å². The van der Waals surface area contributed by atoms with Crippen molar-refractivity contribution < 1.29 is 14.3 Å². The van der Waals surface area contributed by atoms with Crippen molar-refractivity contribution in [2.75, 3.05) is 19.1 Å². The van der Waals surface area contributed by atoms with Crippen LogP contribution in [0, 0.1) is 5.41 Å². The fraction of sp³-hybridized carbons (Fsp3) is 0.417. The van der Waals surface area contributed by atoms with Crippen LogP contribution in [0.4, 0.5) is 5.82 Å². The molecule has 5 heteroatoms. The Bertz CT molecular complexity index is 415. The molecule has 1 rings (SSSR count). The molecular weight excluding hydrogens is 220 g/mol. The number of aromatic nitrogens is 1. The van der Waals surface area contributed by atoms with Crippen molar-refractivity contribution in [2.24, 2.45) is 5.41 Å². The minimum Gasteiger partial charge on any atom is -0.468 e. The number of amides is 1. The number of carbonyl (C=O) groups excluding carboxylic acids is 2. The average Bonchev–Trinajstić information content (AvgIpc) is 2.36. The number of nitrogens with zero attached hydrogens (tertiary/aromatic N) is 2. The first-order valence-electron chi connectivity index (χ1n) is 5.19. The SMILES string of the molecule is COC(=O)C(C)(C)C(=O)N(C)c1ccccn1. The largest absolute Gasteiger partial charge is 0.468 e. The van der Waals surface area contributed by atoms with Crippen LogP contribution in [0.3, 0.4) is 0 Å². The van der Waals surface area contributed by atoms with Gasteiger partial charge in [-0.15, -0.1) is 0 Å². The first-order chi connectivity index (χ1) is 7.91. The first-order valence-corrected chi connectivity index (χ1v) is 5.19. The highest BCUT2D eigenvalue weighted by molar-refractivity contribution is 6.08.